The third-order valence-electron chi connectivity index (χ3n) is 2.97. The Kier molecular flexibility index (Phi) is 5.69. The zero-order chi connectivity index (χ0) is 15.2. The average Bonchev–Trinajstić information content (AvgIpc) is 2.85. The molecule has 0 unspecified atom stereocenters. The molecule has 0 saturated heterocycles. The number of nitrogens with one attached hydrogen (secondary N) is 1. The number of aryl methyl sites for hydroxylation is 1. The summed E-state index contributed by atoms with van der Waals surface area (Å²) in [5.74, 6) is 1.11. The van der Waals surface area contributed by atoms with E-state index < -0.39 is 0 Å². The highest BCUT2D eigenvalue weighted by molar-refractivity contribution is 7.09. The number of aromatic nitrogens is 4. The standard InChI is InChI=1S/C13H19ClN6S/c1-4-20(5-2)13-18-11(14)17-12(19-13)15-7-6-10-8-21-9(3)16-10/h8H,4-7H2,1-3H3,(H,15,17,18,19). The maximum Gasteiger partial charge on any atom is 0.231 e. The van der Waals surface area contributed by atoms with Gasteiger partial charge in [-0.3, -0.25) is 0 Å². The molecule has 0 aliphatic heterocycles. The van der Waals surface area contributed by atoms with Crippen molar-refractivity contribution >= 4 is 34.8 Å². The van der Waals surface area contributed by atoms with Gasteiger partial charge in [0.05, 0.1) is 10.7 Å². The molecule has 0 spiro atoms. The van der Waals surface area contributed by atoms with Crippen molar-refractivity contribution in [3.05, 3.63) is 21.4 Å². The van der Waals surface area contributed by atoms with E-state index in [9.17, 15) is 0 Å². The highest BCUT2D eigenvalue weighted by atomic mass is 35.5. The minimum absolute atomic E-state index is 0.207. The van der Waals surface area contributed by atoms with Crippen LogP contribution in [-0.4, -0.2) is 39.6 Å². The number of nitrogens with zero attached hydrogens (tertiary/aromatic N) is 5. The molecule has 0 radical (unpaired) electrons. The van der Waals surface area contributed by atoms with E-state index in [1.165, 1.54) is 0 Å². The molecule has 0 saturated carbocycles. The van der Waals surface area contributed by atoms with E-state index in [1.54, 1.807) is 11.3 Å². The second kappa shape index (κ2) is 7.51. The lowest BCUT2D eigenvalue weighted by atomic mass is 10.3. The third-order valence-corrected chi connectivity index (χ3v) is 3.96. The fourth-order valence-corrected chi connectivity index (χ4v) is 2.69. The molecule has 21 heavy (non-hydrogen) atoms. The van der Waals surface area contributed by atoms with E-state index in [2.05, 4.69) is 44.5 Å². The Bertz CT molecular complexity index is 584. The quantitative estimate of drug-likeness (QED) is 0.844. The Hall–Kier alpha value is -1.47. The van der Waals surface area contributed by atoms with Gasteiger partial charge >= 0.3 is 0 Å². The van der Waals surface area contributed by atoms with Crippen LogP contribution in [0.15, 0.2) is 5.38 Å². The molecular formula is C13H19ClN6S. The molecular weight excluding hydrogens is 308 g/mol. The van der Waals surface area contributed by atoms with Crippen LogP contribution in [0.4, 0.5) is 11.9 Å². The van der Waals surface area contributed by atoms with Gasteiger partial charge in [0.25, 0.3) is 0 Å². The molecule has 8 heteroatoms. The van der Waals surface area contributed by atoms with E-state index in [0.29, 0.717) is 18.4 Å². The molecule has 2 aromatic heterocycles. The van der Waals surface area contributed by atoms with Crippen LogP contribution < -0.4 is 10.2 Å². The van der Waals surface area contributed by atoms with Crippen LogP contribution in [0, 0.1) is 6.92 Å². The first-order chi connectivity index (χ1) is 10.1. The van der Waals surface area contributed by atoms with E-state index in [4.69, 9.17) is 11.6 Å². The lowest BCUT2D eigenvalue weighted by Crippen LogP contribution is -2.25. The van der Waals surface area contributed by atoms with E-state index >= 15 is 0 Å². The highest BCUT2D eigenvalue weighted by Crippen LogP contribution is 2.14. The number of halogens is 1. The Balaban J connectivity index is 1.99. The summed E-state index contributed by atoms with van der Waals surface area (Å²) in [5, 5.41) is 6.53. The minimum Gasteiger partial charge on any atom is -0.354 e. The zero-order valence-electron chi connectivity index (χ0n) is 12.4. The summed E-state index contributed by atoms with van der Waals surface area (Å²) < 4.78 is 0. The summed E-state index contributed by atoms with van der Waals surface area (Å²) in [4.78, 5) is 19.1. The van der Waals surface area contributed by atoms with Crippen molar-refractivity contribution < 1.29 is 0 Å². The van der Waals surface area contributed by atoms with Crippen molar-refractivity contribution in [3.8, 4) is 0 Å². The van der Waals surface area contributed by atoms with Crippen LogP contribution in [0.25, 0.3) is 0 Å². The Labute approximate surface area is 133 Å². The second-order valence-electron chi connectivity index (χ2n) is 4.43. The van der Waals surface area contributed by atoms with Gasteiger partial charge in [-0.2, -0.15) is 15.0 Å². The van der Waals surface area contributed by atoms with Gasteiger partial charge < -0.3 is 10.2 Å². The molecule has 0 aliphatic rings. The first kappa shape index (κ1) is 15.9. The molecule has 2 rings (SSSR count). The van der Waals surface area contributed by atoms with E-state index in [0.717, 1.165) is 30.2 Å². The Morgan fingerprint density at radius 1 is 1.19 bits per heavy atom. The molecule has 6 nitrogen and oxygen atoms in total. The van der Waals surface area contributed by atoms with Crippen molar-refractivity contribution in [1.82, 2.24) is 19.9 Å². The van der Waals surface area contributed by atoms with Crippen molar-refractivity contribution in [2.75, 3.05) is 29.9 Å². The first-order valence-corrected chi connectivity index (χ1v) is 8.19. The van der Waals surface area contributed by atoms with Gasteiger partial charge in [0.1, 0.15) is 0 Å². The van der Waals surface area contributed by atoms with Crippen LogP contribution >= 0.6 is 22.9 Å². The molecule has 114 valence electrons. The number of hydrogen-bond acceptors (Lipinski definition) is 7. The molecule has 0 aromatic carbocycles. The summed E-state index contributed by atoms with van der Waals surface area (Å²) in [5.41, 5.74) is 1.08. The number of rotatable bonds is 7. The molecule has 0 aliphatic carbocycles. The van der Waals surface area contributed by atoms with Gasteiger partial charge in [-0.25, -0.2) is 4.98 Å². The predicted molar refractivity (Wildman–Crippen MR) is 87.4 cm³/mol. The van der Waals surface area contributed by atoms with Gasteiger partial charge in [-0.15, -0.1) is 11.3 Å². The maximum absolute atomic E-state index is 5.97. The first-order valence-electron chi connectivity index (χ1n) is 6.93. The Morgan fingerprint density at radius 2 is 1.95 bits per heavy atom. The fourth-order valence-electron chi connectivity index (χ4n) is 1.89. The number of hydrogen-bond donors (Lipinski definition) is 1. The summed E-state index contributed by atoms with van der Waals surface area (Å²) in [6.45, 7) is 8.48. The molecule has 0 amide bonds. The topological polar surface area (TPSA) is 66.8 Å². The van der Waals surface area contributed by atoms with Gasteiger partial charge in [0.15, 0.2) is 0 Å². The van der Waals surface area contributed by atoms with Crippen LogP contribution in [0.2, 0.25) is 5.28 Å². The van der Waals surface area contributed by atoms with Gasteiger partial charge in [0, 0.05) is 31.4 Å². The van der Waals surface area contributed by atoms with Gasteiger partial charge in [-0.05, 0) is 32.4 Å². The SMILES string of the molecule is CCN(CC)c1nc(Cl)nc(NCCc2csc(C)n2)n1. The summed E-state index contributed by atoms with van der Waals surface area (Å²) in [6.07, 6.45) is 0.828. The molecule has 2 heterocycles. The monoisotopic (exact) mass is 326 g/mol. The van der Waals surface area contributed by atoms with Crippen LogP contribution in [0.5, 0.6) is 0 Å². The van der Waals surface area contributed by atoms with E-state index in [1.807, 2.05) is 11.8 Å². The molecule has 0 bridgehead atoms. The lowest BCUT2D eigenvalue weighted by molar-refractivity contribution is 0.810. The second-order valence-corrected chi connectivity index (χ2v) is 5.84. The van der Waals surface area contributed by atoms with Crippen LogP contribution in [0.1, 0.15) is 24.5 Å². The zero-order valence-corrected chi connectivity index (χ0v) is 14.0. The summed E-state index contributed by atoms with van der Waals surface area (Å²) in [7, 11) is 0. The molecule has 0 fully saturated rings. The number of thiazole rings is 1. The van der Waals surface area contributed by atoms with Gasteiger partial charge in [0.2, 0.25) is 17.2 Å². The normalized spacial score (nSPS) is 10.7. The van der Waals surface area contributed by atoms with E-state index in [-0.39, 0.29) is 5.28 Å². The van der Waals surface area contributed by atoms with Crippen molar-refractivity contribution in [1.29, 1.82) is 0 Å². The van der Waals surface area contributed by atoms with Crippen LogP contribution in [-0.2, 0) is 6.42 Å². The number of anilines is 2. The third kappa shape index (κ3) is 4.50. The molecule has 2 aromatic rings. The summed E-state index contributed by atoms with van der Waals surface area (Å²) in [6, 6.07) is 0. The lowest BCUT2D eigenvalue weighted by Gasteiger charge is -2.18. The van der Waals surface area contributed by atoms with Crippen molar-refractivity contribution in [2.24, 2.45) is 0 Å². The van der Waals surface area contributed by atoms with Gasteiger partial charge in [-0.1, -0.05) is 0 Å². The van der Waals surface area contributed by atoms with Crippen molar-refractivity contribution in [3.63, 3.8) is 0 Å². The molecule has 1 N–H and O–H groups in total. The Morgan fingerprint density at radius 3 is 2.57 bits per heavy atom. The van der Waals surface area contributed by atoms with Crippen molar-refractivity contribution in [2.45, 2.75) is 27.2 Å². The summed E-state index contributed by atoms with van der Waals surface area (Å²) >= 11 is 7.63. The largest absolute Gasteiger partial charge is 0.354 e. The highest BCUT2D eigenvalue weighted by Gasteiger charge is 2.10. The maximum atomic E-state index is 5.97. The molecule has 0 atom stereocenters. The minimum atomic E-state index is 0.207. The average molecular weight is 327 g/mol. The predicted octanol–water partition coefficient (Wildman–Crippen LogP) is 2.79. The fraction of sp³-hybridized carbons (Fsp3) is 0.538. The smallest absolute Gasteiger partial charge is 0.231 e. The van der Waals surface area contributed by atoms with Crippen LogP contribution in [0.3, 0.4) is 0 Å².